The van der Waals surface area contributed by atoms with E-state index in [4.69, 9.17) is 13.3 Å². The number of unbranched alkanes of at least 4 members (excludes halogenated alkanes) is 3. The van der Waals surface area contributed by atoms with Gasteiger partial charge in [-0.3, -0.25) is 0 Å². The molecule has 0 rings (SSSR count). The van der Waals surface area contributed by atoms with Crippen LogP contribution in [0, 0.1) is 0 Å². The van der Waals surface area contributed by atoms with E-state index in [-0.39, 0.29) is 0 Å². The van der Waals surface area contributed by atoms with Gasteiger partial charge in [0.1, 0.15) is 0 Å². The largest absolute Gasteiger partial charge is 0.529 e. The lowest BCUT2D eigenvalue weighted by atomic mass is 10.4. The van der Waals surface area contributed by atoms with Crippen molar-refractivity contribution in [1.82, 2.24) is 0 Å². The summed E-state index contributed by atoms with van der Waals surface area (Å²) < 4.78 is 18.4. The highest BCUT2D eigenvalue weighted by Gasteiger charge is 2.38. The second-order valence-electron chi connectivity index (χ2n) is 5.41. The highest BCUT2D eigenvalue weighted by Crippen LogP contribution is 2.15. The van der Waals surface area contributed by atoms with Crippen molar-refractivity contribution in [3.05, 3.63) is 23.9 Å². The Labute approximate surface area is 139 Å². The third kappa shape index (κ3) is 11.2. The van der Waals surface area contributed by atoms with Crippen LogP contribution in [0.1, 0.15) is 72.6 Å². The van der Waals surface area contributed by atoms with Gasteiger partial charge in [-0.05, 0) is 31.4 Å². The van der Waals surface area contributed by atoms with Crippen LogP contribution in [-0.4, -0.2) is 28.6 Å². The summed E-state index contributed by atoms with van der Waals surface area (Å²) in [6.45, 7) is 10.8. The molecule has 3 nitrogen and oxygen atoms in total. The maximum Gasteiger partial charge on any atom is 0.529 e. The molecule has 0 aromatic rings. The average molecular weight is 329 g/mol. The van der Waals surface area contributed by atoms with E-state index in [1.807, 2.05) is 11.8 Å². The Morgan fingerprint density at radius 2 is 1.14 bits per heavy atom. The molecule has 0 amide bonds. The van der Waals surface area contributed by atoms with Crippen molar-refractivity contribution >= 4 is 8.80 Å². The smallest absolute Gasteiger partial charge is 0.370 e. The third-order valence-electron chi connectivity index (χ3n) is 3.19. The molecule has 0 saturated carbocycles. The van der Waals surface area contributed by atoms with Gasteiger partial charge in [0.15, 0.2) is 0 Å². The summed E-state index contributed by atoms with van der Waals surface area (Å²) in [5.41, 5.74) is 2.04. The van der Waals surface area contributed by atoms with Crippen LogP contribution in [0.4, 0.5) is 0 Å². The van der Waals surface area contributed by atoms with E-state index in [2.05, 4.69) is 39.8 Å². The molecule has 0 aliphatic carbocycles. The SMILES string of the molecule is CC/C=C/C=C/[Si](OCCCC)(OCCCC)OCCCC. The van der Waals surface area contributed by atoms with Crippen molar-refractivity contribution in [3.63, 3.8) is 0 Å². The summed E-state index contributed by atoms with van der Waals surface area (Å²) in [5, 5.41) is 0. The van der Waals surface area contributed by atoms with Crippen LogP contribution >= 0.6 is 0 Å². The lowest BCUT2D eigenvalue weighted by Gasteiger charge is -2.27. The van der Waals surface area contributed by atoms with E-state index in [0.29, 0.717) is 19.8 Å². The van der Waals surface area contributed by atoms with Gasteiger partial charge in [0.05, 0.1) is 0 Å². The molecule has 0 bridgehead atoms. The molecule has 4 heteroatoms. The summed E-state index contributed by atoms with van der Waals surface area (Å²) in [5.74, 6) is 0. The average Bonchev–Trinajstić information content (AvgIpc) is 2.52. The maximum atomic E-state index is 6.12. The fourth-order valence-electron chi connectivity index (χ4n) is 1.73. The second-order valence-corrected chi connectivity index (χ2v) is 7.81. The van der Waals surface area contributed by atoms with Gasteiger partial charge in [-0.15, -0.1) is 0 Å². The van der Waals surface area contributed by atoms with E-state index in [1.165, 1.54) is 0 Å². The first-order valence-corrected chi connectivity index (χ1v) is 10.8. The lowest BCUT2D eigenvalue weighted by molar-refractivity contribution is 0.0685. The minimum atomic E-state index is -2.69. The molecular weight excluding hydrogens is 292 g/mol. The van der Waals surface area contributed by atoms with Crippen molar-refractivity contribution < 1.29 is 13.3 Å². The van der Waals surface area contributed by atoms with Gasteiger partial charge in [0.25, 0.3) is 0 Å². The molecule has 0 fully saturated rings. The van der Waals surface area contributed by atoms with E-state index in [9.17, 15) is 0 Å². The number of hydrogen-bond acceptors (Lipinski definition) is 3. The van der Waals surface area contributed by atoms with Crippen LogP contribution in [0.15, 0.2) is 23.9 Å². The Kier molecular flexibility index (Phi) is 15.2. The van der Waals surface area contributed by atoms with Gasteiger partial charge in [-0.1, -0.05) is 65.2 Å². The van der Waals surface area contributed by atoms with Crippen molar-refractivity contribution in [2.75, 3.05) is 19.8 Å². The zero-order valence-corrected chi connectivity index (χ0v) is 16.1. The molecule has 22 heavy (non-hydrogen) atoms. The molecule has 0 N–H and O–H groups in total. The monoisotopic (exact) mass is 328 g/mol. The molecule has 0 atom stereocenters. The Morgan fingerprint density at radius 3 is 1.50 bits per heavy atom. The van der Waals surface area contributed by atoms with Crippen LogP contribution in [-0.2, 0) is 13.3 Å². The topological polar surface area (TPSA) is 27.7 Å². The molecule has 0 aromatic carbocycles. The molecular formula is C18H36O3Si. The van der Waals surface area contributed by atoms with Crippen LogP contribution in [0.25, 0.3) is 0 Å². The Hall–Kier alpha value is -0.423. The molecule has 130 valence electrons. The summed E-state index contributed by atoms with van der Waals surface area (Å²) in [6, 6.07) is 0. The number of rotatable bonds is 15. The third-order valence-corrected chi connectivity index (χ3v) is 5.61. The Bertz CT molecular complexity index is 264. The lowest BCUT2D eigenvalue weighted by Crippen LogP contribution is -2.45. The quantitative estimate of drug-likeness (QED) is 0.228. The van der Waals surface area contributed by atoms with E-state index in [1.54, 1.807) is 0 Å². The standard InChI is InChI=1S/C18H36O3Si/c1-5-9-13-14-18-22(19-15-10-6-2,20-16-11-7-3)21-17-12-8-4/h9,13-14,18H,5-8,10-12,15-17H2,1-4H3/b13-9+,18-14+. The van der Waals surface area contributed by atoms with Crippen molar-refractivity contribution in [2.24, 2.45) is 0 Å². The highest BCUT2D eigenvalue weighted by molar-refractivity contribution is 6.66. The zero-order chi connectivity index (χ0) is 16.5. The number of hydrogen-bond donors (Lipinski definition) is 0. The predicted molar refractivity (Wildman–Crippen MR) is 96.9 cm³/mol. The van der Waals surface area contributed by atoms with Crippen LogP contribution in [0.3, 0.4) is 0 Å². The number of allylic oxidation sites excluding steroid dienone is 3. The second kappa shape index (κ2) is 15.5. The van der Waals surface area contributed by atoms with Crippen molar-refractivity contribution in [3.8, 4) is 0 Å². The molecule has 0 heterocycles. The fraction of sp³-hybridized carbons (Fsp3) is 0.778. The first-order valence-electron chi connectivity index (χ1n) is 9.00. The fourth-order valence-corrected chi connectivity index (χ4v) is 3.91. The Morgan fingerprint density at radius 1 is 0.682 bits per heavy atom. The van der Waals surface area contributed by atoms with Crippen LogP contribution in [0.5, 0.6) is 0 Å². The van der Waals surface area contributed by atoms with Crippen molar-refractivity contribution in [2.45, 2.75) is 72.6 Å². The minimum Gasteiger partial charge on any atom is -0.370 e. The molecule has 0 aliphatic rings. The molecule has 0 spiro atoms. The summed E-state index contributed by atoms with van der Waals surface area (Å²) in [6.07, 6.45) is 13.7. The van der Waals surface area contributed by atoms with Gasteiger partial charge in [-0.25, -0.2) is 0 Å². The summed E-state index contributed by atoms with van der Waals surface area (Å²) in [7, 11) is -2.69. The first kappa shape index (κ1) is 21.6. The van der Waals surface area contributed by atoms with Gasteiger partial charge >= 0.3 is 8.80 Å². The van der Waals surface area contributed by atoms with Gasteiger partial charge < -0.3 is 13.3 Å². The van der Waals surface area contributed by atoms with Gasteiger partial charge in [-0.2, -0.15) is 0 Å². The molecule has 0 aromatic heterocycles. The molecule has 0 saturated heterocycles. The maximum absolute atomic E-state index is 6.12. The van der Waals surface area contributed by atoms with Crippen LogP contribution in [0.2, 0.25) is 0 Å². The molecule has 0 aliphatic heterocycles. The van der Waals surface area contributed by atoms with Gasteiger partial charge in [0, 0.05) is 19.8 Å². The normalized spacial score (nSPS) is 12.7. The van der Waals surface area contributed by atoms with E-state index < -0.39 is 8.80 Å². The van der Waals surface area contributed by atoms with Crippen LogP contribution < -0.4 is 0 Å². The predicted octanol–water partition coefficient (Wildman–Crippen LogP) is 5.44. The zero-order valence-electron chi connectivity index (χ0n) is 15.1. The van der Waals surface area contributed by atoms with E-state index in [0.717, 1.165) is 44.9 Å². The van der Waals surface area contributed by atoms with Crippen molar-refractivity contribution in [1.29, 1.82) is 0 Å². The summed E-state index contributed by atoms with van der Waals surface area (Å²) >= 11 is 0. The van der Waals surface area contributed by atoms with E-state index >= 15 is 0 Å². The summed E-state index contributed by atoms with van der Waals surface area (Å²) in [4.78, 5) is 0. The Balaban J connectivity index is 4.83. The first-order chi connectivity index (χ1) is 10.7. The molecule has 0 unspecified atom stereocenters. The highest BCUT2D eigenvalue weighted by atomic mass is 28.4. The molecule has 0 radical (unpaired) electrons. The minimum absolute atomic E-state index is 0.711. The van der Waals surface area contributed by atoms with Gasteiger partial charge in [0.2, 0.25) is 0 Å².